The third-order valence-electron chi connectivity index (χ3n) is 4.80. The first-order valence-electron chi connectivity index (χ1n) is 8.18. The van der Waals surface area contributed by atoms with Crippen molar-refractivity contribution in [2.45, 2.75) is 31.2 Å². The molecule has 3 rings (SSSR count). The Morgan fingerprint density at radius 3 is 2.38 bits per heavy atom. The van der Waals surface area contributed by atoms with Crippen LogP contribution in [-0.4, -0.2) is 43.3 Å². The third-order valence-corrected chi connectivity index (χ3v) is 7.46. The number of nitrogens with zero attached hydrogens (tertiary/aromatic N) is 3. The summed E-state index contributed by atoms with van der Waals surface area (Å²) in [6.45, 7) is 3.87. The van der Waals surface area contributed by atoms with Gasteiger partial charge in [0, 0.05) is 19.6 Å². The molecule has 142 valence electrons. The molecule has 1 aliphatic heterocycles. The number of benzene rings is 1. The molecule has 2 aromatic rings. The highest BCUT2D eigenvalue weighted by molar-refractivity contribution is 7.89. The molecule has 0 spiro atoms. The van der Waals surface area contributed by atoms with Gasteiger partial charge in [0.2, 0.25) is 10.0 Å². The van der Waals surface area contributed by atoms with Gasteiger partial charge < -0.3 is 9.47 Å². The van der Waals surface area contributed by atoms with Gasteiger partial charge in [-0.2, -0.15) is 9.40 Å². The van der Waals surface area contributed by atoms with Gasteiger partial charge in [-0.05, 0) is 43.5 Å². The van der Waals surface area contributed by atoms with E-state index in [2.05, 4.69) is 5.10 Å². The number of halogens is 1. The molecule has 1 aromatic carbocycles. The standard InChI is InChI=1S/C17H22ClN3O4S/c1-10-16(17(18)20(3)19-10)26(22,23)21-7-6-12-8-14(24-4)15(25-5)9-13(12)11(21)2/h8-9,11H,6-7H2,1-5H3. The van der Waals surface area contributed by atoms with E-state index in [1.165, 1.54) is 8.99 Å². The first kappa shape index (κ1) is 19.0. The summed E-state index contributed by atoms with van der Waals surface area (Å²) in [7, 11) is 0.986. The molecule has 0 saturated carbocycles. The largest absolute Gasteiger partial charge is 0.493 e. The molecule has 26 heavy (non-hydrogen) atoms. The van der Waals surface area contributed by atoms with Crippen LogP contribution in [0.5, 0.6) is 11.5 Å². The summed E-state index contributed by atoms with van der Waals surface area (Å²) < 4.78 is 40.1. The van der Waals surface area contributed by atoms with E-state index in [4.69, 9.17) is 21.1 Å². The lowest BCUT2D eigenvalue weighted by molar-refractivity contribution is 0.318. The Kier molecular flexibility index (Phi) is 4.94. The van der Waals surface area contributed by atoms with Crippen LogP contribution in [-0.2, 0) is 23.5 Å². The maximum Gasteiger partial charge on any atom is 0.248 e. The van der Waals surface area contributed by atoms with E-state index in [1.807, 2.05) is 19.1 Å². The zero-order valence-electron chi connectivity index (χ0n) is 15.4. The number of aromatic nitrogens is 2. The minimum absolute atomic E-state index is 0.0671. The second-order valence-electron chi connectivity index (χ2n) is 6.28. The summed E-state index contributed by atoms with van der Waals surface area (Å²) in [4.78, 5) is 0.0671. The lowest BCUT2D eigenvalue weighted by Gasteiger charge is -2.34. The first-order chi connectivity index (χ1) is 12.2. The summed E-state index contributed by atoms with van der Waals surface area (Å²) in [6, 6.07) is 3.40. The smallest absolute Gasteiger partial charge is 0.248 e. The molecule has 0 saturated heterocycles. The van der Waals surface area contributed by atoms with Crippen LogP contribution < -0.4 is 9.47 Å². The number of rotatable bonds is 4. The van der Waals surface area contributed by atoms with Crippen LogP contribution in [0.3, 0.4) is 0 Å². The normalized spacial score (nSPS) is 17.8. The molecule has 0 fully saturated rings. The predicted molar refractivity (Wildman–Crippen MR) is 98.5 cm³/mol. The van der Waals surface area contributed by atoms with Crippen molar-refractivity contribution < 1.29 is 17.9 Å². The predicted octanol–water partition coefficient (Wildman–Crippen LogP) is 2.71. The molecule has 0 amide bonds. The molecule has 9 heteroatoms. The van der Waals surface area contributed by atoms with Gasteiger partial charge in [0.15, 0.2) is 11.5 Å². The molecule has 1 aromatic heterocycles. The van der Waals surface area contributed by atoms with E-state index in [0.717, 1.165) is 11.1 Å². The van der Waals surface area contributed by atoms with Gasteiger partial charge in [-0.15, -0.1) is 0 Å². The number of methoxy groups -OCH3 is 2. The second kappa shape index (κ2) is 6.75. The van der Waals surface area contributed by atoms with Crippen LogP contribution in [0.2, 0.25) is 5.15 Å². The summed E-state index contributed by atoms with van der Waals surface area (Å²) >= 11 is 6.21. The average Bonchev–Trinajstić information content (AvgIpc) is 2.86. The monoisotopic (exact) mass is 399 g/mol. The van der Waals surface area contributed by atoms with Gasteiger partial charge >= 0.3 is 0 Å². The Hall–Kier alpha value is -1.77. The molecule has 1 atom stereocenters. The van der Waals surface area contributed by atoms with Crippen molar-refractivity contribution in [1.29, 1.82) is 0 Å². The minimum atomic E-state index is -3.78. The van der Waals surface area contributed by atoms with E-state index in [1.54, 1.807) is 28.2 Å². The Morgan fingerprint density at radius 1 is 1.23 bits per heavy atom. The van der Waals surface area contributed by atoms with Crippen molar-refractivity contribution >= 4 is 21.6 Å². The summed E-state index contributed by atoms with van der Waals surface area (Å²) in [5.74, 6) is 1.22. The number of sulfonamides is 1. The number of fused-ring (bicyclic) bond motifs is 1. The highest BCUT2D eigenvalue weighted by Gasteiger charge is 2.38. The fourth-order valence-corrected chi connectivity index (χ4v) is 5.79. The van der Waals surface area contributed by atoms with E-state index >= 15 is 0 Å². The third kappa shape index (κ3) is 2.86. The van der Waals surface area contributed by atoms with Gasteiger partial charge in [-0.3, -0.25) is 4.68 Å². The van der Waals surface area contributed by atoms with Crippen molar-refractivity contribution in [3.63, 3.8) is 0 Å². The minimum Gasteiger partial charge on any atom is -0.493 e. The molecular weight excluding hydrogens is 378 g/mol. The van der Waals surface area contributed by atoms with Crippen molar-refractivity contribution in [3.05, 3.63) is 34.1 Å². The summed E-state index contributed by atoms with van der Waals surface area (Å²) in [5.41, 5.74) is 2.34. The highest BCUT2D eigenvalue weighted by atomic mass is 35.5. The summed E-state index contributed by atoms with van der Waals surface area (Å²) in [5, 5.41) is 4.25. The van der Waals surface area contributed by atoms with E-state index < -0.39 is 10.0 Å². The molecule has 0 radical (unpaired) electrons. The van der Waals surface area contributed by atoms with Crippen molar-refractivity contribution in [2.24, 2.45) is 7.05 Å². The van der Waals surface area contributed by atoms with Crippen LogP contribution in [0.1, 0.15) is 29.8 Å². The number of hydrogen-bond acceptors (Lipinski definition) is 5. The fraction of sp³-hybridized carbons (Fsp3) is 0.471. The molecule has 2 heterocycles. The Labute approximate surface area is 158 Å². The van der Waals surface area contributed by atoms with Crippen LogP contribution >= 0.6 is 11.6 Å². The number of ether oxygens (including phenoxy) is 2. The van der Waals surface area contributed by atoms with E-state index in [9.17, 15) is 8.42 Å². The zero-order chi connectivity index (χ0) is 19.2. The molecular formula is C17H22ClN3O4S. The quantitative estimate of drug-likeness (QED) is 0.790. The lowest BCUT2D eigenvalue weighted by atomic mass is 9.94. The van der Waals surface area contributed by atoms with Crippen LogP contribution in [0.15, 0.2) is 17.0 Å². The molecule has 0 N–H and O–H groups in total. The average molecular weight is 400 g/mol. The SMILES string of the molecule is COc1cc2c(cc1OC)C(C)N(S(=O)(=O)c1c(C)nn(C)c1Cl)CC2. The topological polar surface area (TPSA) is 73.7 Å². The van der Waals surface area contributed by atoms with E-state index in [0.29, 0.717) is 30.2 Å². The Morgan fingerprint density at radius 2 is 1.85 bits per heavy atom. The summed E-state index contributed by atoms with van der Waals surface area (Å²) in [6.07, 6.45) is 0.580. The van der Waals surface area contributed by atoms with Gasteiger partial charge in [0.25, 0.3) is 0 Å². The molecule has 7 nitrogen and oxygen atoms in total. The number of hydrogen-bond donors (Lipinski definition) is 0. The Balaban J connectivity index is 2.07. The van der Waals surface area contributed by atoms with Crippen LogP contribution in [0, 0.1) is 6.92 Å². The van der Waals surface area contributed by atoms with Gasteiger partial charge in [-0.1, -0.05) is 11.6 Å². The second-order valence-corrected chi connectivity index (χ2v) is 8.46. The van der Waals surface area contributed by atoms with Crippen molar-refractivity contribution in [3.8, 4) is 11.5 Å². The van der Waals surface area contributed by atoms with Crippen LogP contribution in [0.4, 0.5) is 0 Å². The van der Waals surface area contributed by atoms with Gasteiger partial charge in [0.05, 0.1) is 19.9 Å². The maximum absolute atomic E-state index is 13.3. The van der Waals surface area contributed by atoms with Gasteiger partial charge in [0.1, 0.15) is 10.0 Å². The van der Waals surface area contributed by atoms with Crippen molar-refractivity contribution in [2.75, 3.05) is 20.8 Å². The van der Waals surface area contributed by atoms with Crippen molar-refractivity contribution in [1.82, 2.24) is 14.1 Å². The molecule has 0 aliphatic carbocycles. The fourth-order valence-electron chi connectivity index (χ4n) is 3.47. The molecule has 1 unspecified atom stereocenters. The highest BCUT2D eigenvalue weighted by Crippen LogP contribution is 2.41. The molecule has 1 aliphatic rings. The Bertz CT molecular complexity index is 955. The maximum atomic E-state index is 13.3. The lowest BCUT2D eigenvalue weighted by Crippen LogP contribution is -2.39. The van der Waals surface area contributed by atoms with Gasteiger partial charge in [-0.25, -0.2) is 8.42 Å². The molecule has 0 bridgehead atoms. The zero-order valence-corrected chi connectivity index (χ0v) is 17.0. The number of aryl methyl sites for hydroxylation is 2. The van der Waals surface area contributed by atoms with Crippen LogP contribution in [0.25, 0.3) is 0 Å². The van der Waals surface area contributed by atoms with E-state index in [-0.39, 0.29) is 16.1 Å². The first-order valence-corrected chi connectivity index (χ1v) is 9.99.